The van der Waals surface area contributed by atoms with Crippen molar-refractivity contribution in [3.8, 4) is 28.7 Å². The van der Waals surface area contributed by atoms with Gasteiger partial charge in [0.15, 0.2) is 32.8 Å². The lowest BCUT2D eigenvalue weighted by atomic mass is 9.89. The second-order valence-corrected chi connectivity index (χ2v) is 11.4. The highest BCUT2D eigenvalue weighted by atomic mass is 32.2. The molecular weight excluding hydrogens is 526 g/mol. The molecule has 39 heavy (non-hydrogen) atoms. The monoisotopic (exact) mass is 565 g/mol. The molecule has 1 saturated carbocycles. The van der Waals surface area contributed by atoms with Crippen molar-refractivity contribution in [1.29, 1.82) is 0 Å². The van der Waals surface area contributed by atoms with Gasteiger partial charge in [-0.3, -0.25) is 4.79 Å². The Hall–Kier alpha value is -3.18. The average Bonchev–Trinajstić information content (AvgIpc) is 3.34. The summed E-state index contributed by atoms with van der Waals surface area (Å²) in [4.78, 5) is 11.8. The van der Waals surface area contributed by atoms with Gasteiger partial charge < -0.3 is 34.2 Å². The molecule has 1 fully saturated rings. The predicted octanol–water partition coefficient (Wildman–Crippen LogP) is 3.84. The third-order valence-corrected chi connectivity index (χ3v) is 8.82. The first-order valence-corrected chi connectivity index (χ1v) is 14.6. The number of hydrogen-bond donors (Lipinski definition) is 1. The Morgan fingerprint density at radius 3 is 1.79 bits per heavy atom. The zero-order valence-corrected chi connectivity index (χ0v) is 24.3. The number of carbonyl (C=O) groups is 1. The van der Waals surface area contributed by atoms with Gasteiger partial charge in [0.2, 0.25) is 11.7 Å². The summed E-state index contributed by atoms with van der Waals surface area (Å²) in [7, 11) is 2.46. The summed E-state index contributed by atoms with van der Waals surface area (Å²) in [6.07, 6.45) is 1.32. The van der Waals surface area contributed by atoms with Gasteiger partial charge >= 0.3 is 0 Å². The minimum atomic E-state index is -3.65. The lowest BCUT2D eigenvalue weighted by Gasteiger charge is -2.27. The molecule has 216 valence electrons. The number of ether oxygens (including phenoxy) is 6. The van der Waals surface area contributed by atoms with Crippen LogP contribution in [0.4, 0.5) is 0 Å². The lowest BCUT2D eigenvalue weighted by Crippen LogP contribution is -2.29. The van der Waals surface area contributed by atoms with Gasteiger partial charge in [-0.2, -0.15) is 0 Å². The van der Waals surface area contributed by atoms with Crippen molar-refractivity contribution in [2.45, 2.75) is 55.9 Å². The third kappa shape index (κ3) is 6.52. The minimum absolute atomic E-state index is 0.0278. The van der Waals surface area contributed by atoms with E-state index in [1.54, 1.807) is 33.3 Å². The molecular formula is C28H39NO9S. The van der Waals surface area contributed by atoms with E-state index in [0.29, 0.717) is 42.3 Å². The lowest BCUT2D eigenvalue weighted by molar-refractivity contribution is -0.125. The van der Waals surface area contributed by atoms with Gasteiger partial charge in [0.25, 0.3) is 0 Å². The molecule has 2 N–H and O–H groups in total. The van der Waals surface area contributed by atoms with Gasteiger partial charge in [-0.25, -0.2) is 8.42 Å². The van der Waals surface area contributed by atoms with Gasteiger partial charge in [0, 0.05) is 11.8 Å². The van der Waals surface area contributed by atoms with E-state index >= 15 is 0 Å². The van der Waals surface area contributed by atoms with E-state index in [2.05, 4.69) is 0 Å². The van der Waals surface area contributed by atoms with Crippen LogP contribution in [0.15, 0.2) is 29.2 Å². The highest BCUT2D eigenvalue weighted by Crippen LogP contribution is 2.51. The molecule has 0 aliphatic heterocycles. The number of carbonyl (C=O) groups excluding carboxylic acids is 1. The first-order valence-electron chi connectivity index (χ1n) is 12.9. The van der Waals surface area contributed by atoms with Crippen LogP contribution in [0.5, 0.6) is 28.7 Å². The molecule has 0 saturated heterocycles. The molecule has 0 radical (unpaired) electrons. The number of amides is 1. The van der Waals surface area contributed by atoms with Crippen molar-refractivity contribution in [2.75, 3.05) is 47.4 Å². The SMILES string of the molecule is CCCS(=O)(=O)c1cc(C2CCC(c3cc(OC)c(OC)c(OC)c3)C2OCC(N)=O)cc(OC)c1OCC. The van der Waals surface area contributed by atoms with E-state index < -0.39 is 21.8 Å². The number of hydrogen-bond acceptors (Lipinski definition) is 9. The number of sulfone groups is 1. The summed E-state index contributed by atoms with van der Waals surface area (Å²) in [5.74, 6) is 0.943. The number of primary amides is 1. The molecule has 1 aliphatic rings. The summed E-state index contributed by atoms with van der Waals surface area (Å²) in [6.45, 7) is 3.60. The smallest absolute Gasteiger partial charge is 0.243 e. The van der Waals surface area contributed by atoms with Crippen LogP contribution in [0.1, 0.15) is 56.1 Å². The van der Waals surface area contributed by atoms with E-state index in [9.17, 15) is 13.2 Å². The first kappa shape index (κ1) is 30.4. The summed E-state index contributed by atoms with van der Waals surface area (Å²) in [5.41, 5.74) is 7.04. The summed E-state index contributed by atoms with van der Waals surface area (Å²) in [5, 5.41) is 0. The first-order chi connectivity index (χ1) is 18.6. The van der Waals surface area contributed by atoms with Crippen molar-refractivity contribution in [1.82, 2.24) is 0 Å². The van der Waals surface area contributed by atoms with E-state index in [1.807, 2.05) is 19.1 Å². The highest BCUT2D eigenvalue weighted by Gasteiger charge is 2.41. The zero-order chi connectivity index (χ0) is 28.7. The summed E-state index contributed by atoms with van der Waals surface area (Å²) < 4.78 is 60.6. The van der Waals surface area contributed by atoms with Crippen molar-refractivity contribution in [2.24, 2.45) is 5.73 Å². The Labute approximate surface area is 230 Å². The van der Waals surface area contributed by atoms with Crippen LogP contribution >= 0.6 is 0 Å². The molecule has 3 rings (SSSR count). The molecule has 0 spiro atoms. The maximum Gasteiger partial charge on any atom is 0.243 e. The molecule has 1 aliphatic carbocycles. The molecule has 2 aromatic carbocycles. The van der Waals surface area contributed by atoms with E-state index in [4.69, 9.17) is 34.2 Å². The zero-order valence-electron chi connectivity index (χ0n) is 23.4. The topological polar surface area (TPSA) is 133 Å². The average molecular weight is 566 g/mol. The second-order valence-electron chi connectivity index (χ2n) is 9.29. The van der Waals surface area contributed by atoms with Gasteiger partial charge in [-0.05, 0) is 61.6 Å². The maximum absolute atomic E-state index is 13.3. The standard InChI is InChI=1S/C28H39NO9S/c1-7-11-39(31,32)24-15-18(14-23(35-5)28(24)37-8-2)20-10-9-19(26(20)38-16-25(29)30)17-12-21(33-3)27(36-6)22(13-17)34-4/h12-15,19-20,26H,7-11,16H2,1-6H3,(H2,29,30). The van der Waals surface area contributed by atoms with E-state index in [1.165, 1.54) is 14.2 Å². The number of benzene rings is 2. The highest BCUT2D eigenvalue weighted by molar-refractivity contribution is 7.91. The fourth-order valence-corrected chi connectivity index (χ4v) is 6.78. The molecule has 11 heteroatoms. The van der Waals surface area contributed by atoms with E-state index in [0.717, 1.165) is 11.1 Å². The van der Waals surface area contributed by atoms with Crippen LogP contribution in [0.3, 0.4) is 0 Å². The fourth-order valence-electron chi connectivity index (χ4n) is 5.27. The van der Waals surface area contributed by atoms with Gasteiger partial charge in [0.1, 0.15) is 11.5 Å². The third-order valence-electron chi connectivity index (χ3n) is 6.90. The molecule has 1 amide bonds. The molecule has 0 bridgehead atoms. The Kier molecular flexibility index (Phi) is 10.3. The summed E-state index contributed by atoms with van der Waals surface area (Å²) >= 11 is 0. The van der Waals surface area contributed by atoms with Crippen molar-refractivity contribution >= 4 is 15.7 Å². The Morgan fingerprint density at radius 2 is 1.36 bits per heavy atom. The number of methoxy groups -OCH3 is 4. The summed E-state index contributed by atoms with van der Waals surface area (Å²) in [6, 6.07) is 7.18. The molecule has 3 unspecified atom stereocenters. The second kappa shape index (κ2) is 13.3. The quantitative estimate of drug-likeness (QED) is 0.363. The van der Waals surface area contributed by atoms with E-state index in [-0.39, 0.29) is 41.4 Å². The fraction of sp³-hybridized carbons (Fsp3) is 0.536. The van der Waals surface area contributed by atoms with Crippen LogP contribution < -0.4 is 29.4 Å². The maximum atomic E-state index is 13.3. The molecule has 2 aromatic rings. The number of nitrogens with two attached hydrogens (primary N) is 1. The van der Waals surface area contributed by atoms with Gasteiger partial charge in [-0.1, -0.05) is 6.92 Å². The normalized spacial score (nSPS) is 19.0. The largest absolute Gasteiger partial charge is 0.493 e. The van der Waals surface area contributed by atoms with Crippen molar-refractivity contribution in [3.63, 3.8) is 0 Å². The minimum Gasteiger partial charge on any atom is -0.493 e. The molecule has 0 aromatic heterocycles. The molecule has 10 nitrogen and oxygen atoms in total. The molecule has 0 heterocycles. The van der Waals surface area contributed by atoms with Crippen molar-refractivity contribution in [3.05, 3.63) is 35.4 Å². The van der Waals surface area contributed by atoms with Crippen LogP contribution in [-0.4, -0.2) is 67.8 Å². The number of rotatable bonds is 14. The van der Waals surface area contributed by atoms with Crippen LogP contribution in [0.25, 0.3) is 0 Å². The predicted molar refractivity (Wildman–Crippen MR) is 146 cm³/mol. The van der Waals surface area contributed by atoms with Gasteiger partial charge in [-0.15, -0.1) is 0 Å². The van der Waals surface area contributed by atoms with Crippen LogP contribution in [-0.2, 0) is 19.4 Å². The Morgan fingerprint density at radius 1 is 0.846 bits per heavy atom. The van der Waals surface area contributed by atoms with Crippen molar-refractivity contribution < 1.29 is 41.6 Å². The Bertz CT molecular complexity index is 1240. The van der Waals surface area contributed by atoms with Gasteiger partial charge in [0.05, 0.1) is 46.9 Å². The Balaban J connectivity index is 2.16. The molecule has 3 atom stereocenters. The van der Waals surface area contributed by atoms with Crippen LogP contribution in [0.2, 0.25) is 0 Å². The van der Waals surface area contributed by atoms with Crippen LogP contribution in [0, 0.1) is 0 Å².